The summed E-state index contributed by atoms with van der Waals surface area (Å²) in [5.74, 6) is -0.587. The van der Waals surface area contributed by atoms with Crippen molar-refractivity contribution in [2.24, 2.45) is 0 Å². The van der Waals surface area contributed by atoms with Crippen LogP contribution in [-0.2, 0) is 11.3 Å². The van der Waals surface area contributed by atoms with E-state index < -0.39 is 11.8 Å². The number of carbonyl (C=O) groups is 1. The minimum absolute atomic E-state index is 0.557. The Morgan fingerprint density at radius 2 is 1.72 bits per heavy atom. The van der Waals surface area contributed by atoms with Crippen molar-refractivity contribution >= 4 is 35.0 Å². The summed E-state index contributed by atoms with van der Waals surface area (Å²) in [6.45, 7) is 4.31. The predicted octanol–water partition coefficient (Wildman–Crippen LogP) is 4.26. The number of benzene rings is 2. The Kier molecular flexibility index (Phi) is 7.47. The highest BCUT2D eigenvalue weighted by Gasteiger charge is 2.21. The predicted molar refractivity (Wildman–Crippen MR) is 116 cm³/mol. The summed E-state index contributed by atoms with van der Waals surface area (Å²) in [6.07, 6.45) is -0.557. The average molecular weight is 438 g/mol. The molecule has 0 aliphatic carbocycles. The third-order valence-corrected chi connectivity index (χ3v) is 5.21. The van der Waals surface area contributed by atoms with E-state index >= 15 is 0 Å². The fourth-order valence-corrected chi connectivity index (χ4v) is 3.58. The summed E-state index contributed by atoms with van der Waals surface area (Å²) in [4.78, 5) is 17.6. The second kappa shape index (κ2) is 10.1. The first-order valence-electron chi connectivity index (χ1n) is 9.42. The molecule has 0 aromatic heterocycles. The normalized spacial score (nSPS) is 15.7. The molecule has 0 N–H and O–H groups in total. The third kappa shape index (κ3) is 5.92. The lowest BCUT2D eigenvalue weighted by Gasteiger charge is -2.36. The minimum Gasteiger partial charge on any atom is -0.441 e. The maximum atomic E-state index is 11.6. The Bertz CT molecular complexity index is 826. The average Bonchev–Trinajstić information content (AvgIpc) is 2.70. The molecule has 1 fully saturated rings. The van der Waals surface area contributed by atoms with E-state index in [2.05, 4.69) is 15.9 Å². The molecule has 0 saturated carbocycles. The summed E-state index contributed by atoms with van der Waals surface area (Å²) in [7, 11) is 3.17. The molecular weight excluding hydrogens is 413 g/mol. The molecule has 8 heteroatoms. The number of hydrogen-bond acceptors (Lipinski definition) is 5. The molecule has 1 unspecified atom stereocenters. The second-order valence-electron chi connectivity index (χ2n) is 6.99. The quantitative estimate of drug-likeness (QED) is 0.498. The highest BCUT2D eigenvalue weighted by atomic mass is 35.5. The summed E-state index contributed by atoms with van der Waals surface area (Å²) in [6, 6.07) is 15.6. The van der Waals surface area contributed by atoms with Crippen LogP contribution in [0.25, 0.3) is 0 Å². The lowest BCUT2D eigenvalue weighted by atomic mass is 10.1. The van der Waals surface area contributed by atoms with Crippen LogP contribution in [0.15, 0.2) is 48.5 Å². The Morgan fingerprint density at radius 3 is 2.41 bits per heavy atom. The molecule has 1 atom stereocenters. The molecule has 29 heavy (non-hydrogen) atoms. The van der Waals surface area contributed by atoms with Gasteiger partial charge in [-0.2, -0.15) is 0 Å². The maximum Gasteiger partial charge on any atom is 0.413 e. The lowest BCUT2D eigenvalue weighted by molar-refractivity contribution is 0.0124. The third-order valence-electron chi connectivity index (χ3n) is 4.71. The summed E-state index contributed by atoms with van der Waals surface area (Å²) in [5.41, 5.74) is 2.07. The molecule has 3 rings (SSSR count). The lowest BCUT2D eigenvalue weighted by Crippen LogP contribution is -2.46. The van der Waals surface area contributed by atoms with Crippen LogP contribution in [0.1, 0.15) is 5.56 Å². The largest absolute Gasteiger partial charge is 0.441 e. The van der Waals surface area contributed by atoms with Crippen LogP contribution in [-0.4, -0.2) is 61.9 Å². The van der Waals surface area contributed by atoms with Gasteiger partial charge in [0.05, 0.1) is 10.7 Å². The van der Waals surface area contributed by atoms with Gasteiger partial charge in [0.1, 0.15) is 5.75 Å². The Labute approximate surface area is 181 Å². The fourth-order valence-electron chi connectivity index (χ4n) is 3.15. The zero-order valence-corrected chi connectivity index (χ0v) is 18.1. The number of alkyl halides is 1. The number of para-hydroxylation sites is 2. The number of hydrogen-bond donors (Lipinski definition) is 0. The maximum absolute atomic E-state index is 11.6. The monoisotopic (exact) mass is 437 g/mol. The highest BCUT2D eigenvalue weighted by Crippen LogP contribution is 2.27. The number of rotatable bonds is 6. The van der Waals surface area contributed by atoms with Crippen molar-refractivity contribution in [1.29, 1.82) is 0 Å². The summed E-state index contributed by atoms with van der Waals surface area (Å²) < 4.78 is 10.7. The molecule has 1 aliphatic rings. The zero-order chi connectivity index (χ0) is 20.8. The summed E-state index contributed by atoms with van der Waals surface area (Å²) >= 11 is 12.4. The first kappa shape index (κ1) is 21.6. The Hall–Kier alpha value is -2.15. The van der Waals surface area contributed by atoms with Crippen molar-refractivity contribution < 1.29 is 14.3 Å². The van der Waals surface area contributed by atoms with E-state index in [1.54, 1.807) is 14.1 Å². The van der Waals surface area contributed by atoms with Crippen molar-refractivity contribution in [1.82, 2.24) is 9.80 Å². The van der Waals surface area contributed by atoms with E-state index in [4.69, 9.17) is 32.7 Å². The van der Waals surface area contributed by atoms with E-state index in [1.807, 2.05) is 42.5 Å². The molecule has 0 radical (unpaired) electrons. The second-order valence-corrected chi connectivity index (χ2v) is 7.76. The first-order chi connectivity index (χ1) is 13.9. The molecule has 156 valence electrons. The molecule has 2 aromatic carbocycles. The van der Waals surface area contributed by atoms with Gasteiger partial charge in [-0.1, -0.05) is 41.9 Å². The van der Waals surface area contributed by atoms with Gasteiger partial charge in [0.15, 0.2) is 0 Å². The van der Waals surface area contributed by atoms with Gasteiger partial charge in [-0.3, -0.25) is 4.90 Å². The van der Waals surface area contributed by atoms with Gasteiger partial charge in [-0.15, -0.1) is 0 Å². The molecule has 2 aromatic rings. The Morgan fingerprint density at radius 1 is 1.07 bits per heavy atom. The van der Waals surface area contributed by atoms with Gasteiger partial charge in [0, 0.05) is 52.4 Å². The number of nitrogens with zero attached hydrogens (tertiary/aromatic N) is 3. The SMILES string of the molecule is CN(C)C(=O)OC(Cl)Oc1ccccc1CN1CCN(c2ccccc2Cl)CC1. The zero-order valence-electron chi connectivity index (χ0n) is 16.6. The van der Waals surface area contributed by atoms with Gasteiger partial charge >= 0.3 is 11.8 Å². The Balaban J connectivity index is 1.57. The number of halogens is 2. The smallest absolute Gasteiger partial charge is 0.413 e. The topological polar surface area (TPSA) is 45.3 Å². The van der Waals surface area contributed by atoms with Crippen LogP contribution >= 0.6 is 23.2 Å². The highest BCUT2D eigenvalue weighted by molar-refractivity contribution is 6.33. The van der Waals surface area contributed by atoms with Crippen LogP contribution in [0, 0.1) is 0 Å². The van der Waals surface area contributed by atoms with Crippen LogP contribution in [0.3, 0.4) is 0 Å². The molecule has 6 nitrogen and oxygen atoms in total. The molecule has 0 bridgehead atoms. The molecule has 0 spiro atoms. The van der Waals surface area contributed by atoms with Gasteiger partial charge < -0.3 is 19.3 Å². The van der Waals surface area contributed by atoms with Crippen molar-refractivity contribution in [3.8, 4) is 5.75 Å². The van der Waals surface area contributed by atoms with Crippen molar-refractivity contribution in [3.63, 3.8) is 0 Å². The van der Waals surface area contributed by atoms with Crippen LogP contribution < -0.4 is 9.64 Å². The van der Waals surface area contributed by atoms with E-state index in [9.17, 15) is 4.79 Å². The van der Waals surface area contributed by atoms with Gasteiger partial charge in [-0.25, -0.2) is 4.79 Å². The van der Waals surface area contributed by atoms with Crippen molar-refractivity contribution in [3.05, 3.63) is 59.1 Å². The fraction of sp³-hybridized carbons (Fsp3) is 0.381. The minimum atomic E-state index is -1.19. The first-order valence-corrected chi connectivity index (χ1v) is 10.2. The number of ether oxygens (including phenoxy) is 2. The van der Waals surface area contributed by atoms with Gasteiger partial charge in [0.2, 0.25) is 0 Å². The van der Waals surface area contributed by atoms with Crippen LogP contribution in [0.4, 0.5) is 10.5 Å². The number of anilines is 1. The van der Waals surface area contributed by atoms with Gasteiger partial charge in [-0.05, 0) is 29.8 Å². The van der Waals surface area contributed by atoms with Gasteiger partial charge in [0.25, 0.3) is 0 Å². The van der Waals surface area contributed by atoms with Crippen molar-refractivity contribution in [2.75, 3.05) is 45.2 Å². The van der Waals surface area contributed by atoms with E-state index in [1.165, 1.54) is 4.90 Å². The van der Waals surface area contributed by atoms with Crippen molar-refractivity contribution in [2.45, 2.75) is 12.3 Å². The molecular formula is C21H25Cl2N3O3. The van der Waals surface area contributed by atoms with Crippen LogP contribution in [0.2, 0.25) is 5.02 Å². The number of amides is 1. The van der Waals surface area contributed by atoms with E-state index in [-0.39, 0.29) is 0 Å². The number of piperazine rings is 1. The standard InChI is InChI=1S/C21H25Cl2N3O3/c1-24(2)21(27)29-20(23)28-19-10-6-3-7-16(19)15-25-11-13-26(14-12-25)18-9-5-4-8-17(18)22/h3-10,20H,11-15H2,1-2H3. The van der Waals surface area contributed by atoms with E-state index in [0.29, 0.717) is 5.75 Å². The molecule has 1 amide bonds. The molecule has 1 heterocycles. The molecule has 1 aliphatic heterocycles. The van der Waals surface area contributed by atoms with E-state index in [0.717, 1.165) is 49.0 Å². The number of carbonyl (C=O) groups excluding carboxylic acids is 1. The summed E-state index contributed by atoms with van der Waals surface area (Å²) in [5, 5.41) is 0.778. The van der Waals surface area contributed by atoms with Crippen LogP contribution in [0.5, 0.6) is 5.75 Å². The molecule has 1 saturated heterocycles.